The van der Waals surface area contributed by atoms with Crippen LogP contribution in [-0.2, 0) is 16.2 Å². The molecule has 0 N–H and O–H groups in total. The number of hydrogen-bond acceptors (Lipinski definition) is 2. The Kier molecular flexibility index (Phi) is 11.1. The van der Waals surface area contributed by atoms with Crippen molar-refractivity contribution < 1.29 is 0 Å². The van der Waals surface area contributed by atoms with Crippen molar-refractivity contribution in [1.29, 1.82) is 0 Å². The maximum absolute atomic E-state index is 4.19. The number of rotatable bonds is 8. The first-order chi connectivity index (χ1) is 41.5. The molecule has 0 heterocycles. The molecule has 17 rings (SSSR count). The molecule has 0 bridgehead atoms. The minimum Gasteiger partial charge on any atom is -0.310 e. The Bertz CT molecular complexity index is 4480. The first kappa shape index (κ1) is 50.7. The number of hydrogen-bond donors (Lipinski definition) is 0. The van der Waals surface area contributed by atoms with E-state index in [9.17, 15) is 0 Å². The van der Waals surface area contributed by atoms with Gasteiger partial charge in [0.1, 0.15) is 0 Å². The third-order valence-corrected chi connectivity index (χ3v) is 21.8. The molecule has 5 aliphatic rings. The Morgan fingerprint density at radius 2 is 0.518 bits per heavy atom. The van der Waals surface area contributed by atoms with Crippen molar-refractivity contribution in [1.82, 2.24) is 0 Å². The van der Waals surface area contributed by atoms with E-state index in [0.717, 1.165) is 34.1 Å². The van der Waals surface area contributed by atoms with E-state index in [1.807, 2.05) is 0 Å². The van der Waals surface area contributed by atoms with Crippen LogP contribution in [0.25, 0.3) is 55.6 Å². The zero-order chi connectivity index (χ0) is 57.1. The first-order valence-corrected chi connectivity index (χ1v) is 31.6. The van der Waals surface area contributed by atoms with Crippen LogP contribution in [0.2, 0.25) is 0 Å². The Hall–Kier alpha value is -8.80. The second-order valence-electron chi connectivity index (χ2n) is 24.9. The van der Waals surface area contributed by atoms with Gasteiger partial charge in [0.25, 0.3) is 0 Å². The summed E-state index contributed by atoms with van der Waals surface area (Å²) in [6.07, 6.45) is 0. The van der Waals surface area contributed by atoms with Crippen LogP contribution >= 0.6 is 31.9 Å². The number of benzene rings is 12. The van der Waals surface area contributed by atoms with Gasteiger partial charge in [-0.05, 0) is 195 Å². The van der Waals surface area contributed by atoms with Crippen molar-refractivity contribution in [3.63, 3.8) is 0 Å². The van der Waals surface area contributed by atoms with Crippen LogP contribution in [0.4, 0.5) is 34.1 Å². The van der Waals surface area contributed by atoms with E-state index >= 15 is 0 Å². The van der Waals surface area contributed by atoms with Crippen molar-refractivity contribution in [2.75, 3.05) is 9.80 Å². The molecule has 5 aliphatic carbocycles. The minimum absolute atomic E-state index is 0.0784. The van der Waals surface area contributed by atoms with Crippen molar-refractivity contribution in [2.24, 2.45) is 0 Å². The summed E-state index contributed by atoms with van der Waals surface area (Å²) >= 11 is 8.39. The molecule has 0 spiro atoms. The fourth-order valence-electron chi connectivity index (χ4n) is 15.9. The highest BCUT2D eigenvalue weighted by Crippen LogP contribution is 2.61. The first-order valence-electron chi connectivity index (χ1n) is 29.7. The molecular weight excluding hydrogens is 1160 g/mol. The SMILES string of the molecule is CC1(C)c2ccccc2-c2ccc(N(c3ccc4c(c3)C(Br)c3ccccc3-4)c3ccc4c(c3)C(c3ccccc3)(c3ccccc3)c3cc(N(c5ccc6c(c5)C(Br)c5ccccc5-6)c5ccc6c(c5)C(C)(C)c5ccccc5-6)ccc3-4)cc21. The topological polar surface area (TPSA) is 6.48 Å². The van der Waals surface area contributed by atoms with Gasteiger partial charge in [-0.2, -0.15) is 0 Å². The lowest BCUT2D eigenvalue weighted by Gasteiger charge is -2.36. The summed E-state index contributed by atoms with van der Waals surface area (Å²) in [7, 11) is 0. The number of nitrogens with zero attached hydrogens (tertiary/aromatic N) is 2. The Morgan fingerprint density at radius 3 is 0.906 bits per heavy atom. The average Bonchev–Trinajstić information content (AvgIpc) is 2.06. The van der Waals surface area contributed by atoms with E-state index in [1.54, 1.807) is 0 Å². The maximum Gasteiger partial charge on any atom is 0.0715 e. The van der Waals surface area contributed by atoms with Gasteiger partial charge in [0, 0.05) is 45.0 Å². The van der Waals surface area contributed by atoms with Gasteiger partial charge in [0.05, 0.1) is 15.1 Å². The van der Waals surface area contributed by atoms with E-state index in [2.05, 4.69) is 336 Å². The second-order valence-corrected chi connectivity index (χ2v) is 26.7. The second kappa shape index (κ2) is 18.6. The summed E-state index contributed by atoms with van der Waals surface area (Å²) < 4.78 is 0. The molecule has 2 atom stereocenters. The molecule has 2 nitrogen and oxygen atoms in total. The van der Waals surface area contributed by atoms with Crippen LogP contribution in [0.1, 0.15) is 104 Å². The van der Waals surface area contributed by atoms with Gasteiger partial charge in [0.2, 0.25) is 0 Å². The number of alkyl halides is 2. The molecule has 0 amide bonds. The summed E-state index contributed by atoms with van der Waals surface area (Å²) in [6.45, 7) is 9.54. The molecule has 0 saturated heterocycles. The third-order valence-electron chi connectivity index (χ3n) is 19.9. The summed E-state index contributed by atoms with van der Waals surface area (Å²) in [5.41, 5.74) is 34.0. The van der Waals surface area contributed by atoms with Crippen molar-refractivity contribution in [3.8, 4) is 55.6 Å². The Labute approximate surface area is 515 Å². The highest BCUT2D eigenvalue weighted by molar-refractivity contribution is 9.09. The molecule has 406 valence electrons. The van der Waals surface area contributed by atoms with E-state index in [1.165, 1.54) is 122 Å². The highest BCUT2D eigenvalue weighted by atomic mass is 79.9. The molecule has 0 saturated carbocycles. The van der Waals surface area contributed by atoms with E-state index in [0.29, 0.717) is 0 Å². The summed E-state index contributed by atoms with van der Waals surface area (Å²) in [5.74, 6) is 0. The number of fused-ring (bicyclic) bond motifs is 15. The largest absolute Gasteiger partial charge is 0.310 e. The van der Waals surface area contributed by atoms with Crippen LogP contribution in [-0.4, -0.2) is 0 Å². The summed E-state index contributed by atoms with van der Waals surface area (Å²) in [4.78, 5) is 5.21. The fraction of sp³-hybridized carbons (Fsp3) is 0.111. The van der Waals surface area contributed by atoms with Crippen molar-refractivity contribution >= 4 is 66.0 Å². The van der Waals surface area contributed by atoms with Crippen molar-refractivity contribution in [3.05, 3.63) is 334 Å². The maximum atomic E-state index is 4.19. The van der Waals surface area contributed by atoms with Gasteiger partial charge < -0.3 is 9.80 Å². The zero-order valence-corrected chi connectivity index (χ0v) is 50.9. The molecule has 0 radical (unpaired) electrons. The van der Waals surface area contributed by atoms with Crippen LogP contribution in [0, 0.1) is 0 Å². The Morgan fingerprint density at radius 1 is 0.247 bits per heavy atom. The molecule has 12 aromatic carbocycles. The highest BCUT2D eigenvalue weighted by Gasteiger charge is 2.48. The quantitative estimate of drug-likeness (QED) is 0.140. The predicted molar refractivity (Wildman–Crippen MR) is 361 cm³/mol. The minimum atomic E-state index is -0.721. The molecule has 2 unspecified atom stereocenters. The van der Waals surface area contributed by atoms with Gasteiger partial charge in [0.15, 0.2) is 0 Å². The van der Waals surface area contributed by atoms with Gasteiger partial charge in [-0.25, -0.2) is 0 Å². The van der Waals surface area contributed by atoms with Crippen LogP contribution in [0.15, 0.2) is 267 Å². The molecule has 0 aliphatic heterocycles. The summed E-state index contributed by atoms with van der Waals surface area (Å²) in [6, 6.07) is 101. The normalized spacial score (nSPS) is 16.6. The average molecular weight is 1220 g/mol. The Balaban J connectivity index is 0.889. The van der Waals surface area contributed by atoms with Crippen LogP contribution < -0.4 is 9.80 Å². The zero-order valence-electron chi connectivity index (χ0n) is 47.7. The smallest absolute Gasteiger partial charge is 0.0715 e. The van der Waals surface area contributed by atoms with Gasteiger partial charge in [-0.3, -0.25) is 0 Å². The molecule has 0 aromatic heterocycles. The van der Waals surface area contributed by atoms with Crippen molar-refractivity contribution in [2.45, 2.75) is 53.6 Å². The third kappa shape index (κ3) is 7.16. The standard InChI is InChI=1S/C81H58Br2N2/c1-79(2)71-29-17-15-25-61(71)63-39-33-53(45-73(63)79)84(51-31-37-59-57-23-11-13-27-67(57)77(82)69(59)43-51)55-35-41-65-66-42-36-56(48-76(66)81(75(65)47-55,49-19-7-5-8-20-49)50-21-9-6-10-22-50)85(52-32-38-60-58-24-12-14-28-68(58)78(83)70(60)44-52)54-34-40-64-62-26-16-18-30-72(62)80(3,4)74(64)46-54/h5-48,77-78H,1-4H3. The van der Waals surface area contributed by atoms with Gasteiger partial charge in [-0.15, -0.1) is 0 Å². The molecule has 12 aromatic rings. The van der Waals surface area contributed by atoms with Crippen LogP contribution in [0.3, 0.4) is 0 Å². The van der Waals surface area contributed by atoms with E-state index in [4.69, 9.17) is 0 Å². The number of halogens is 2. The molecule has 0 fully saturated rings. The van der Waals surface area contributed by atoms with E-state index < -0.39 is 5.41 Å². The monoisotopic (exact) mass is 1220 g/mol. The van der Waals surface area contributed by atoms with Crippen LogP contribution in [0.5, 0.6) is 0 Å². The molecule has 85 heavy (non-hydrogen) atoms. The lowest BCUT2D eigenvalue weighted by Crippen LogP contribution is -2.29. The van der Waals surface area contributed by atoms with E-state index in [-0.39, 0.29) is 20.5 Å². The lowest BCUT2D eigenvalue weighted by molar-refractivity contribution is 0.660. The number of anilines is 6. The van der Waals surface area contributed by atoms with Gasteiger partial charge >= 0.3 is 0 Å². The molecular formula is C81H58Br2N2. The predicted octanol–water partition coefficient (Wildman–Crippen LogP) is 22.5. The van der Waals surface area contributed by atoms with Gasteiger partial charge in [-0.1, -0.05) is 254 Å². The summed E-state index contributed by atoms with van der Waals surface area (Å²) in [5, 5.41) is 0. The molecule has 4 heteroatoms. The lowest BCUT2D eigenvalue weighted by atomic mass is 9.67. The fourth-order valence-corrected chi connectivity index (χ4v) is 17.4.